The highest BCUT2D eigenvalue weighted by Gasteiger charge is 2.23. The summed E-state index contributed by atoms with van der Waals surface area (Å²) in [5.41, 5.74) is 2.67. The lowest BCUT2D eigenvalue weighted by Gasteiger charge is -2.31. The SMILES string of the molecule is CCCN(C)P(c1cccs1)c1cc(C)ccc1N(C)C. The number of hydrogen-bond acceptors (Lipinski definition) is 3. The average Bonchev–Trinajstić information content (AvgIpc) is 2.93. The Morgan fingerprint density at radius 3 is 2.48 bits per heavy atom. The minimum Gasteiger partial charge on any atom is -0.377 e. The zero-order chi connectivity index (χ0) is 15.4. The van der Waals surface area contributed by atoms with Gasteiger partial charge >= 0.3 is 0 Å². The van der Waals surface area contributed by atoms with Gasteiger partial charge in [-0.15, -0.1) is 11.3 Å². The van der Waals surface area contributed by atoms with Crippen molar-refractivity contribution < 1.29 is 0 Å². The van der Waals surface area contributed by atoms with E-state index in [9.17, 15) is 0 Å². The molecule has 0 aliphatic heterocycles. The third-order valence-corrected chi connectivity index (χ3v) is 7.21. The van der Waals surface area contributed by atoms with E-state index in [0.29, 0.717) is 0 Å². The van der Waals surface area contributed by atoms with E-state index in [1.807, 2.05) is 11.3 Å². The van der Waals surface area contributed by atoms with Crippen LogP contribution in [0, 0.1) is 6.92 Å². The number of anilines is 1. The minimum absolute atomic E-state index is 0.440. The molecule has 1 atom stereocenters. The molecule has 1 heterocycles. The Hall–Kier alpha value is -0.890. The largest absolute Gasteiger partial charge is 0.377 e. The third kappa shape index (κ3) is 3.85. The zero-order valence-corrected chi connectivity index (χ0v) is 15.3. The molecular weight excluding hydrogens is 295 g/mol. The molecule has 1 aromatic carbocycles. The number of aryl methyl sites for hydroxylation is 1. The summed E-state index contributed by atoms with van der Waals surface area (Å²) in [6.45, 7) is 5.57. The molecule has 0 saturated carbocycles. The van der Waals surface area contributed by atoms with E-state index in [2.05, 4.69) is 80.3 Å². The van der Waals surface area contributed by atoms with E-state index in [-0.39, 0.29) is 0 Å². The van der Waals surface area contributed by atoms with Crippen LogP contribution in [0.15, 0.2) is 35.7 Å². The molecule has 21 heavy (non-hydrogen) atoms. The van der Waals surface area contributed by atoms with Crippen LogP contribution in [0.2, 0.25) is 0 Å². The highest BCUT2D eigenvalue weighted by molar-refractivity contribution is 7.76. The van der Waals surface area contributed by atoms with Crippen LogP contribution in [0.4, 0.5) is 5.69 Å². The first-order valence-electron chi connectivity index (χ1n) is 7.37. The summed E-state index contributed by atoms with van der Waals surface area (Å²) in [4.78, 5) is 2.23. The van der Waals surface area contributed by atoms with Gasteiger partial charge in [-0.1, -0.05) is 24.6 Å². The van der Waals surface area contributed by atoms with Gasteiger partial charge < -0.3 is 4.90 Å². The van der Waals surface area contributed by atoms with Gasteiger partial charge in [0.25, 0.3) is 0 Å². The first-order valence-corrected chi connectivity index (χ1v) is 9.54. The summed E-state index contributed by atoms with van der Waals surface area (Å²) in [6.07, 6.45) is 1.18. The summed E-state index contributed by atoms with van der Waals surface area (Å²) in [5, 5.41) is 3.66. The van der Waals surface area contributed by atoms with Crippen molar-refractivity contribution in [2.45, 2.75) is 20.3 Å². The first kappa shape index (κ1) is 16.5. The second-order valence-corrected chi connectivity index (χ2v) is 9.05. The Kier molecular flexibility index (Phi) is 5.80. The van der Waals surface area contributed by atoms with E-state index in [0.717, 1.165) is 6.54 Å². The summed E-state index contributed by atoms with van der Waals surface area (Å²) in [7, 11) is 6.09. The van der Waals surface area contributed by atoms with Gasteiger partial charge in [-0.25, -0.2) is 0 Å². The smallest absolute Gasteiger partial charge is 0.0475 e. The molecule has 0 aliphatic rings. The normalized spacial score (nSPS) is 12.7. The topological polar surface area (TPSA) is 6.48 Å². The fourth-order valence-electron chi connectivity index (χ4n) is 2.47. The lowest BCUT2D eigenvalue weighted by molar-refractivity contribution is 0.549. The minimum atomic E-state index is -0.440. The van der Waals surface area contributed by atoms with Gasteiger partial charge in [0, 0.05) is 44.3 Å². The molecule has 0 amide bonds. The lowest BCUT2D eigenvalue weighted by atomic mass is 10.2. The summed E-state index contributed by atoms with van der Waals surface area (Å²) < 4.78 is 4.01. The van der Waals surface area contributed by atoms with Crippen LogP contribution in [0.5, 0.6) is 0 Å². The molecule has 114 valence electrons. The second kappa shape index (κ2) is 7.40. The second-order valence-electron chi connectivity index (χ2n) is 5.53. The van der Waals surface area contributed by atoms with Gasteiger partial charge in [0.15, 0.2) is 0 Å². The number of thiophene rings is 1. The van der Waals surface area contributed by atoms with Gasteiger partial charge in [-0.3, -0.25) is 4.67 Å². The van der Waals surface area contributed by atoms with E-state index in [1.54, 1.807) is 0 Å². The van der Waals surface area contributed by atoms with Gasteiger partial charge in [-0.2, -0.15) is 0 Å². The molecule has 0 fully saturated rings. The Bertz CT molecular complexity index is 566. The summed E-state index contributed by atoms with van der Waals surface area (Å²) in [5.74, 6) is 0. The fraction of sp³-hybridized carbons (Fsp3) is 0.412. The van der Waals surface area contributed by atoms with Crippen molar-refractivity contribution in [2.75, 3.05) is 32.6 Å². The standard InChI is InChI=1S/C17H25N2PS/c1-6-11-19(5)20(17-8-7-12-21-17)16-13-14(2)9-10-15(16)18(3)4/h7-10,12-13H,6,11H2,1-5H3. The van der Waals surface area contributed by atoms with E-state index < -0.39 is 8.07 Å². The van der Waals surface area contributed by atoms with Gasteiger partial charge in [0.2, 0.25) is 0 Å². The predicted octanol–water partition coefficient (Wildman–Crippen LogP) is 3.81. The van der Waals surface area contributed by atoms with Crippen molar-refractivity contribution in [2.24, 2.45) is 0 Å². The molecule has 2 rings (SSSR count). The molecule has 1 unspecified atom stereocenters. The molecule has 4 heteroatoms. The Morgan fingerprint density at radius 1 is 1.14 bits per heavy atom. The van der Waals surface area contributed by atoms with E-state index in [4.69, 9.17) is 0 Å². The molecule has 1 aromatic heterocycles. The van der Waals surface area contributed by atoms with Gasteiger partial charge in [0.05, 0.1) is 0 Å². The van der Waals surface area contributed by atoms with E-state index >= 15 is 0 Å². The number of nitrogens with zero attached hydrogens (tertiary/aromatic N) is 2. The summed E-state index contributed by atoms with van der Waals surface area (Å²) in [6, 6.07) is 11.3. The number of benzene rings is 1. The highest BCUT2D eigenvalue weighted by Crippen LogP contribution is 2.41. The molecule has 0 spiro atoms. The van der Waals surface area contributed by atoms with Crippen LogP contribution in [-0.2, 0) is 0 Å². The number of hydrogen-bond donors (Lipinski definition) is 0. The van der Waals surface area contributed by atoms with Crippen LogP contribution in [0.25, 0.3) is 0 Å². The Labute approximate surface area is 134 Å². The van der Waals surface area contributed by atoms with Crippen molar-refractivity contribution in [3.63, 3.8) is 0 Å². The third-order valence-electron chi connectivity index (χ3n) is 3.44. The van der Waals surface area contributed by atoms with Crippen molar-refractivity contribution >= 4 is 35.0 Å². The average molecular weight is 320 g/mol. The number of rotatable bonds is 6. The molecule has 0 aliphatic carbocycles. The van der Waals surface area contributed by atoms with Crippen LogP contribution >= 0.6 is 19.4 Å². The van der Waals surface area contributed by atoms with E-state index in [1.165, 1.54) is 27.6 Å². The highest BCUT2D eigenvalue weighted by atomic mass is 32.1. The monoisotopic (exact) mass is 320 g/mol. The molecule has 0 N–H and O–H groups in total. The van der Waals surface area contributed by atoms with Gasteiger partial charge in [-0.05, 0) is 44.0 Å². The quantitative estimate of drug-likeness (QED) is 0.747. The molecular formula is C17H25N2PS. The Balaban J connectivity index is 2.53. The van der Waals surface area contributed by atoms with Crippen LogP contribution in [-0.4, -0.2) is 32.4 Å². The molecule has 2 nitrogen and oxygen atoms in total. The molecule has 2 aromatic rings. The maximum Gasteiger partial charge on any atom is 0.0475 e. The molecule has 0 bridgehead atoms. The van der Waals surface area contributed by atoms with Crippen molar-refractivity contribution in [3.05, 3.63) is 41.3 Å². The van der Waals surface area contributed by atoms with Crippen molar-refractivity contribution in [1.82, 2.24) is 4.67 Å². The van der Waals surface area contributed by atoms with Crippen LogP contribution in [0.3, 0.4) is 0 Å². The van der Waals surface area contributed by atoms with Crippen LogP contribution in [0.1, 0.15) is 18.9 Å². The van der Waals surface area contributed by atoms with Crippen molar-refractivity contribution in [3.8, 4) is 0 Å². The fourth-order valence-corrected chi connectivity index (χ4v) is 6.60. The Morgan fingerprint density at radius 2 is 1.90 bits per heavy atom. The first-order chi connectivity index (χ1) is 10.0. The zero-order valence-electron chi connectivity index (χ0n) is 13.6. The molecule has 0 saturated heterocycles. The van der Waals surface area contributed by atoms with Gasteiger partial charge in [0.1, 0.15) is 0 Å². The maximum absolute atomic E-state index is 2.53. The predicted molar refractivity (Wildman–Crippen MR) is 98.9 cm³/mol. The lowest BCUT2D eigenvalue weighted by Crippen LogP contribution is -2.28. The summed E-state index contributed by atoms with van der Waals surface area (Å²) >= 11 is 1.87. The van der Waals surface area contributed by atoms with Crippen molar-refractivity contribution in [1.29, 1.82) is 0 Å². The molecule has 0 radical (unpaired) electrons. The van der Waals surface area contributed by atoms with Crippen LogP contribution < -0.4 is 14.8 Å². The maximum atomic E-state index is 2.53.